The van der Waals surface area contributed by atoms with E-state index in [0.29, 0.717) is 11.1 Å². The van der Waals surface area contributed by atoms with E-state index < -0.39 is 0 Å². The third-order valence-corrected chi connectivity index (χ3v) is 6.61. The van der Waals surface area contributed by atoms with Crippen LogP contribution in [0.4, 0.5) is 0 Å². The summed E-state index contributed by atoms with van der Waals surface area (Å²) in [4.78, 5) is 8.72. The first kappa shape index (κ1) is 27.7. The van der Waals surface area contributed by atoms with E-state index in [1.807, 2.05) is 109 Å². The summed E-state index contributed by atoms with van der Waals surface area (Å²) < 4.78 is 6.34. The van der Waals surface area contributed by atoms with Crippen molar-refractivity contribution < 1.29 is 24.5 Å². The Labute approximate surface area is 252 Å². The van der Waals surface area contributed by atoms with Crippen molar-refractivity contribution >= 4 is 21.9 Å². The fraction of sp³-hybridized carbons (Fsp3) is 0.0278. The number of pyridine rings is 2. The number of hydrogen-bond donors (Lipinski definition) is 0. The normalized spacial score (nSPS) is 10.3. The minimum Gasteiger partial charge on any atom is -0.500 e. The van der Waals surface area contributed by atoms with Crippen molar-refractivity contribution in [3.8, 4) is 39.7 Å². The molecule has 0 bridgehead atoms. The standard InChI is InChI=1S/C24H13N2O.C12H10N.Ir/c25-15-17-12-13-19-18-9-6-10-20(21-11-4-5-14-26-21)23(18)27-24(19)22(17)16-7-2-1-3-8-16;1-10-7-8-13-12(9-10)11-5-3-2-4-6-11;/h1-9,11-14H;2-5,7-9H,1H3;/q2*-1;. The molecule has 4 aromatic carbocycles. The minimum absolute atomic E-state index is 0. The molecule has 7 rings (SSSR count). The molecular weight excluding hydrogens is 683 g/mol. The summed E-state index contributed by atoms with van der Waals surface area (Å²) in [6, 6.07) is 44.0. The molecule has 0 unspecified atom stereocenters. The third-order valence-electron chi connectivity index (χ3n) is 6.61. The van der Waals surface area contributed by atoms with E-state index in [1.54, 1.807) is 6.20 Å². The first-order valence-electron chi connectivity index (χ1n) is 12.9. The molecule has 0 spiro atoms. The van der Waals surface area contributed by atoms with Gasteiger partial charge in [-0.05, 0) is 42.1 Å². The number of hydrogen-bond acceptors (Lipinski definition) is 4. The Morgan fingerprint density at radius 2 is 1.49 bits per heavy atom. The van der Waals surface area contributed by atoms with Gasteiger partial charge in [0.2, 0.25) is 0 Å². The van der Waals surface area contributed by atoms with E-state index >= 15 is 0 Å². The monoisotopic (exact) mass is 706 g/mol. The van der Waals surface area contributed by atoms with Crippen LogP contribution in [0.2, 0.25) is 0 Å². The van der Waals surface area contributed by atoms with E-state index in [4.69, 9.17) is 4.42 Å². The molecule has 3 aromatic heterocycles. The Morgan fingerprint density at radius 1 is 0.707 bits per heavy atom. The predicted molar refractivity (Wildman–Crippen MR) is 159 cm³/mol. The zero-order chi connectivity index (χ0) is 27.3. The molecule has 0 amide bonds. The summed E-state index contributed by atoms with van der Waals surface area (Å²) in [5, 5.41) is 11.6. The van der Waals surface area contributed by atoms with E-state index in [2.05, 4.69) is 41.2 Å². The largest absolute Gasteiger partial charge is 0.500 e. The van der Waals surface area contributed by atoms with E-state index in [0.717, 1.165) is 50.0 Å². The number of benzene rings is 4. The van der Waals surface area contributed by atoms with E-state index in [-0.39, 0.29) is 20.1 Å². The number of nitriles is 1. The molecule has 0 saturated heterocycles. The SMILES string of the molecule is Cc1ccnc(-c2[c-]cccc2)c1.N#Cc1ccc2c(oc3c(-c4ccccn4)[c-]ccc32)c1-c1ccccc1.[Ir]. The number of furan rings is 1. The summed E-state index contributed by atoms with van der Waals surface area (Å²) in [7, 11) is 0. The van der Waals surface area contributed by atoms with Crippen molar-refractivity contribution in [3.63, 3.8) is 0 Å². The van der Waals surface area contributed by atoms with Crippen molar-refractivity contribution in [1.82, 2.24) is 9.97 Å². The molecule has 0 fully saturated rings. The molecule has 199 valence electrons. The Balaban J connectivity index is 0.000000204. The maximum absolute atomic E-state index is 9.64. The van der Waals surface area contributed by atoms with Gasteiger partial charge in [-0.15, -0.1) is 54.1 Å². The number of aryl methyl sites for hydroxylation is 1. The van der Waals surface area contributed by atoms with Crippen molar-refractivity contribution in [3.05, 3.63) is 145 Å². The zero-order valence-corrected chi connectivity index (χ0v) is 24.5. The van der Waals surface area contributed by atoms with Gasteiger partial charge >= 0.3 is 0 Å². The average Bonchev–Trinajstić information content (AvgIpc) is 3.41. The van der Waals surface area contributed by atoms with Gasteiger partial charge in [0, 0.05) is 43.4 Å². The molecular formula is C36H23IrN3O-2. The van der Waals surface area contributed by atoms with Gasteiger partial charge < -0.3 is 14.4 Å². The van der Waals surface area contributed by atoms with Crippen LogP contribution in [-0.4, -0.2) is 9.97 Å². The molecule has 0 saturated carbocycles. The summed E-state index contributed by atoms with van der Waals surface area (Å²) in [5.41, 5.74) is 8.71. The van der Waals surface area contributed by atoms with Crippen molar-refractivity contribution in [2.45, 2.75) is 6.92 Å². The number of rotatable bonds is 3. The molecule has 0 atom stereocenters. The first-order chi connectivity index (χ1) is 19.7. The zero-order valence-electron chi connectivity index (χ0n) is 22.1. The van der Waals surface area contributed by atoms with Crippen LogP contribution in [0, 0.1) is 30.4 Å². The average molecular weight is 706 g/mol. The van der Waals surface area contributed by atoms with Gasteiger partial charge in [0.25, 0.3) is 0 Å². The van der Waals surface area contributed by atoms with Crippen LogP contribution in [0.1, 0.15) is 11.1 Å². The predicted octanol–water partition coefficient (Wildman–Crippen LogP) is 8.84. The molecule has 5 heteroatoms. The first-order valence-corrected chi connectivity index (χ1v) is 12.9. The fourth-order valence-electron chi connectivity index (χ4n) is 4.73. The van der Waals surface area contributed by atoms with Gasteiger partial charge in [0.15, 0.2) is 0 Å². The Hall–Kier alpha value is -4.88. The molecule has 0 N–H and O–H groups in total. The Bertz CT molecular complexity index is 1960. The van der Waals surface area contributed by atoms with Crippen molar-refractivity contribution in [2.75, 3.05) is 0 Å². The van der Waals surface area contributed by atoms with Crippen LogP contribution < -0.4 is 0 Å². The molecule has 0 aliphatic rings. The molecule has 7 aromatic rings. The van der Waals surface area contributed by atoms with Crippen LogP contribution in [0.5, 0.6) is 0 Å². The summed E-state index contributed by atoms with van der Waals surface area (Å²) in [5.74, 6) is 0. The fourth-order valence-corrected chi connectivity index (χ4v) is 4.73. The second kappa shape index (κ2) is 12.5. The van der Waals surface area contributed by atoms with Crippen LogP contribution >= 0.6 is 0 Å². The summed E-state index contributed by atoms with van der Waals surface area (Å²) in [6.07, 6.45) is 3.58. The van der Waals surface area contributed by atoms with Gasteiger partial charge in [0.1, 0.15) is 5.58 Å². The molecule has 1 radical (unpaired) electrons. The molecule has 0 aliphatic carbocycles. The molecule has 41 heavy (non-hydrogen) atoms. The Kier molecular flexibility index (Phi) is 8.46. The van der Waals surface area contributed by atoms with Gasteiger partial charge in [-0.1, -0.05) is 71.1 Å². The maximum atomic E-state index is 9.64. The maximum Gasteiger partial charge on any atom is 0.130 e. The summed E-state index contributed by atoms with van der Waals surface area (Å²) >= 11 is 0. The van der Waals surface area contributed by atoms with Crippen molar-refractivity contribution in [1.29, 1.82) is 5.26 Å². The Morgan fingerprint density at radius 3 is 2.22 bits per heavy atom. The smallest absolute Gasteiger partial charge is 0.130 e. The number of nitrogens with zero attached hydrogens (tertiary/aromatic N) is 3. The van der Waals surface area contributed by atoms with Gasteiger partial charge in [-0.2, -0.15) is 5.26 Å². The van der Waals surface area contributed by atoms with Crippen LogP contribution in [0.15, 0.2) is 126 Å². The van der Waals surface area contributed by atoms with Crippen molar-refractivity contribution in [2.24, 2.45) is 0 Å². The van der Waals surface area contributed by atoms with E-state index in [1.165, 1.54) is 5.56 Å². The quantitative estimate of drug-likeness (QED) is 0.173. The van der Waals surface area contributed by atoms with Gasteiger partial charge in [-0.3, -0.25) is 0 Å². The van der Waals surface area contributed by atoms with Crippen LogP contribution in [0.25, 0.3) is 55.6 Å². The van der Waals surface area contributed by atoms with Crippen LogP contribution in [-0.2, 0) is 20.1 Å². The topological polar surface area (TPSA) is 62.7 Å². The number of fused-ring (bicyclic) bond motifs is 3. The molecule has 4 nitrogen and oxygen atoms in total. The second-order valence-electron chi connectivity index (χ2n) is 9.25. The second-order valence-corrected chi connectivity index (χ2v) is 9.25. The molecule has 3 heterocycles. The minimum atomic E-state index is 0. The molecule has 0 aliphatic heterocycles. The van der Waals surface area contributed by atoms with Gasteiger partial charge in [0.05, 0.1) is 17.2 Å². The van der Waals surface area contributed by atoms with Gasteiger partial charge in [-0.25, -0.2) is 0 Å². The van der Waals surface area contributed by atoms with E-state index in [9.17, 15) is 5.26 Å². The van der Waals surface area contributed by atoms with Crippen LogP contribution in [0.3, 0.4) is 0 Å². The third kappa shape index (κ3) is 5.71. The summed E-state index contributed by atoms with van der Waals surface area (Å²) in [6.45, 7) is 2.06. The number of aromatic nitrogens is 2.